The largest absolute Gasteiger partial charge is 0.466 e. The number of carbonyl (C=O) groups excluding carboxylic acids is 3. The van der Waals surface area contributed by atoms with Crippen LogP contribution >= 0.6 is 11.8 Å². The minimum Gasteiger partial charge on any atom is -0.466 e. The Morgan fingerprint density at radius 1 is 1.30 bits per heavy atom. The highest BCUT2D eigenvalue weighted by Gasteiger charge is 2.29. The van der Waals surface area contributed by atoms with E-state index in [1.54, 1.807) is 6.07 Å². The van der Waals surface area contributed by atoms with Gasteiger partial charge in [-0.05, 0) is 12.1 Å². The van der Waals surface area contributed by atoms with Gasteiger partial charge in [-0.1, -0.05) is 12.1 Å². The van der Waals surface area contributed by atoms with Crippen molar-refractivity contribution < 1.29 is 23.9 Å². The number of para-hydroxylation sites is 1. The number of esters is 2. The standard InChI is InChI=1S/C13H13NO5S/c1-18-12(16)7-19-11(15)6-10-13(17)14-8-4-2-3-5-9(8)20-10/h2-5,10H,6-7H2,1H3,(H,14,17). The maximum absolute atomic E-state index is 11.9. The zero-order valence-corrected chi connectivity index (χ0v) is 11.6. The number of thioether (sulfide) groups is 1. The molecule has 20 heavy (non-hydrogen) atoms. The Labute approximate surface area is 119 Å². The van der Waals surface area contributed by atoms with Gasteiger partial charge in [0.25, 0.3) is 0 Å². The summed E-state index contributed by atoms with van der Waals surface area (Å²) in [7, 11) is 1.21. The molecule has 0 aliphatic carbocycles. The van der Waals surface area contributed by atoms with E-state index in [9.17, 15) is 14.4 Å². The Kier molecular flexibility index (Phi) is 4.62. The second kappa shape index (κ2) is 6.42. The van der Waals surface area contributed by atoms with Gasteiger partial charge >= 0.3 is 11.9 Å². The fourth-order valence-electron chi connectivity index (χ4n) is 1.64. The van der Waals surface area contributed by atoms with Crippen molar-refractivity contribution in [2.24, 2.45) is 0 Å². The first-order valence-corrected chi connectivity index (χ1v) is 6.77. The van der Waals surface area contributed by atoms with Crippen LogP contribution in [-0.2, 0) is 23.9 Å². The first kappa shape index (κ1) is 14.4. The Morgan fingerprint density at radius 2 is 2.05 bits per heavy atom. The van der Waals surface area contributed by atoms with Crippen LogP contribution in [0, 0.1) is 0 Å². The van der Waals surface area contributed by atoms with Crippen molar-refractivity contribution >= 4 is 35.3 Å². The molecule has 1 N–H and O–H groups in total. The third-order valence-corrected chi connectivity index (χ3v) is 3.91. The Balaban J connectivity index is 1.92. The molecule has 1 aromatic rings. The van der Waals surface area contributed by atoms with Gasteiger partial charge in [-0.15, -0.1) is 11.8 Å². The molecular formula is C13H13NO5S. The number of rotatable bonds is 4. The van der Waals surface area contributed by atoms with E-state index in [4.69, 9.17) is 4.74 Å². The van der Waals surface area contributed by atoms with Crippen LogP contribution in [0.15, 0.2) is 29.2 Å². The third kappa shape index (κ3) is 3.51. The van der Waals surface area contributed by atoms with Crippen molar-refractivity contribution in [2.75, 3.05) is 19.0 Å². The number of methoxy groups -OCH3 is 1. The maximum Gasteiger partial charge on any atom is 0.344 e. The molecule has 1 heterocycles. The fourth-order valence-corrected chi connectivity index (χ4v) is 2.73. The molecule has 6 nitrogen and oxygen atoms in total. The van der Waals surface area contributed by atoms with Crippen LogP contribution in [0.5, 0.6) is 0 Å². The predicted molar refractivity (Wildman–Crippen MR) is 72.3 cm³/mol. The number of hydrogen-bond acceptors (Lipinski definition) is 6. The summed E-state index contributed by atoms with van der Waals surface area (Å²) in [5, 5.41) is 2.17. The van der Waals surface area contributed by atoms with E-state index in [2.05, 4.69) is 10.1 Å². The van der Waals surface area contributed by atoms with Gasteiger partial charge in [-0.3, -0.25) is 9.59 Å². The average Bonchev–Trinajstić information content (AvgIpc) is 2.45. The monoisotopic (exact) mass is 295 g/mol. The van der Waals surface area contributed by atoms with Crippen LogP contribution < -0.4 is 5.32 Å². The molecule has 2 rings (SSSR count). The molecule has 0 aromatic heterocycles. The number of carbonyl (C=O) groups is 3. The quantitative estimate of drug-likeness (QED) is 0.841. The van der Waals surface area contributed by atoms with Gasteiger partial charge in [-0.2, -0.15) is 0 Å². The summed E-state index contributed by atoms with van der Waals surface area (Å²) in [6.07, 6.45) is -0.0954. The summed E-state index contributed by atoms with van der Waals surface area (Å²) in [6.45, 7) is -0.440. The summed E-state index contributed by atoms with van der Waals surface area (Å²) in [5.41, 5.74) is 0.738. The normalized spacial score (nSPS) is 16.9. The molecule has 7 heteroatoms. The predicted octanol–water partition coefficient (Wildman–Crippen LogP) is 1.21. The van der Waals surface area contributed by atoms with Gasteiger partial charge in [0, 0.05) is 4.90 Å². The lowest BCUT2D eigenvalue weighted by molar-refractivity contribution is -0.157. The number of fused-ring (bicyclic) bond motifs is 1. The first-order valence-electron chi connectivity index (χ1n) is 5.89. The van der Waals surface area contributed by atoms with Crippen molar-refractivity contribution in [3.8, 4) is 0 Å². The number of anilines is 1. The molecule has 0 saturated carbocycles. The highest BCUT2D eigenvalue weighted by molar-refractivity contribution is 8.01. The molecule has 0 saturated heterocycles. The van der Waals surface area contributed by atoms with Gasteiger partial charge in [0.1, 0.15) is 0 Å². The Hall–Kier alpha value is -2.02. The molecule has 1 atom stereocenters. The zero-order valence-electron chi connectivity index (χ0n) is 10.8. The number of nitrogens with one attached hydrogen (secondary N) is 1. The molecule has 0 radical (unpaired) electrons. The SMILES string of the molecule is COC(=O)COC(=O)CC1Sc2ccccc2NC1=O. The Morgan fingerprint density at radius 3 is 2.80 bits per heavy atom. The van der Waals surface area contributed by atoms with Crippen molar-refractivity contribution in [1.29, 1.82) is 0 Å². The van der Waals surface area contributed by atoms with E-state index in [1.165, 1.54) is 18.9 Å². The minimum absolute atomic E-state index is 0.0954. The topological polar surface area (TPSA) is 81.7 Å². The van der Waals surface area contributed by atoms with Gasteiger partial charge in [0.05, 0.1) is 24.5 Å². The molecule has 1 aromatic carbocycles. The lowest BCUT2D eigenvalue weighted by atomic mass is 10.2. The Bertz CT molecular complexity index is 545. The summed E-state index contributed by atoms with van der Waals surface area (Å²) in [5.74, 6) is -1.49. The van der Waals surface area contributed by atoms with Crippen molar-refractivity contribution in [1.82, 2.24) is 0 Å². The molecule has 0 bridgehead atoms. The average molecular weight is 295 g/mol. The van der Waals surface area contributed by atoms with Crippen molar-refractivity contribution in [3.05, 3.63) is 24.3 Å². The second-order valence-corrected chi connectivity index (χ2v) is 5.28. The molecule has 0 fully saturated rings. The number of hydrogen-bond donors (Lipinski definition) is 1. The second-order valence-electron chi connectivity index (χ2n) is 4.03. The van der Waals surface area contributed by atoms with Crippen LogP contribution in [0.25, 0.3) is 0 Å². The van der Waals surface area contributed by atoms with E-state index in [0.29, 0.717) is 0 Å². The number of ether oxygens (including phenoxy) is 2. The van der Waals surface area contributed by atoms with E-state index < -0.39 is 23.8 Å². The van der Waals surface area contributed by atoms with Crippen LogP contribution in [-0.4, -0.2) is 36.8 Å². The number of amides is 1. The van der Waals surface area contributed by atoms with E-state index >= 15 is 0 Å². The summed E-state index contributed by atoms with van der Waals surface area (Å²) in [4.78, 5) is 35.2. The third-order valence-electron chi connectivity index (χ3n) is 2.64. The van der Waals surface area contributed by atoms with Gasteiger partial charge in [-0.25, -0.2) is 4.79 Å². The van der Waals surface area contributed by atoms with E-state index in [-0.39, 0.29) is 12.3 Å². The maximum atomic E-state index is 11.9. The summed E-state index contributed by atoms with van der Waals surface area (Å²) >= 11 is 1.30. The van der Waals surface area contributed by atoms with Gasteiger partial charge in [0.15, 0.2) is 6.61 Å². The fraction of sp³-hybridized carbons (Fsp3) is 0.308. The van der Waals surface area contributed by atoms with Crippen LogP contribution in [0.2, 0.25) is 0 Å². The molecule has 106 valence electrons. The molecule has 1 aliphatic heterocycles. The zero-order chi connectivity index (χ0) is 14.5. The molecule has 1 unspecified atom stereocenters. The molecular weight excluding hydrogens is 282 g/mol. The highest BCUT2D eigenvalue weighted by Crippen LogP contribution is 2.36. The van der Waals surface area contributed by atoms with Crippen LogP contribution in [0.3, 0.4) is 0 Å². The lowest BCUT2D eigenvalue weighted by Crippen LogP contribution is -2.31. The van der Waals surface area contributed by atoms with Crippen LogP contribution in [0.1, 0.15) is 6.42 Å². The van der Waals surface area contributed by atoms with Crippen molar-refractivity contribution in [3.63, 3.8) is 0 Å². The summed E-state index contributed by atoms with van der Waals surface area (Å²) < 4.78 is 9.08. The lowest BCUT2D eigenvalue weighted by Gasteiger charge is -2.23. The van der Waals surface area contributed by atoms with E-state index in [1.807, 2.05) is 18.2 Å². The van der Waals surface area contributed by atoms with Gasteiger partial charge < -0.3 is 14.8 Å². The van der Waals surface area contributed by atoms with Gasteiger partial charge in [0.2, 0.25) is 5.91 Å². The molecule has 1 amide bonds. The molecule has 1 aliphatic rings. The summed E-state index contributed by atoms with van der Waals surface area (Å²) in [6, 6.07) is 7.35. The van der Waals surface area contributed by atoms with E-state index in [0.717, 1.165) is 10.6 Å². The van der Waals surface area contributed by atoms with Crippen molar-refractivity contribution in [2.45, 2.75) is 16.6 Å². The first-order chi connectivity index (χ1) is 9.60. The van der Waals surface area contributed by atoms with Crippen LogP contribution in [0.4, 0.5) is 5.69 Å². The smallest absolute Gasteiger partial charge is 0.344 e. The highest BCUT2D eigenvalue weighted by atomic mass is 32.2. The molecule has 0 spiro atoms. The number of benzene rings is 1. The minimum atomic E-state index is -0.635.